The molecule has 2 saturated heterocycles. The first-order valence-corrected chi connectivity index (χ1v) is 9.02. The zero-order valence-electron chi connectivity index (χ0n) is 14.1. The largest absolute Gasteiger partial charge is 0.370 e. The molecule has 23 heavy (non-hydrogen) atoms. The predicted octanol–water partition coefficient (Wildman–Crippen LogP) is 1.36. The summed E-state index contributed by atoms with van der Waals surface area (Å²) < 4.78 is 2.04. The molecule has 2 N–H and O–H groups in total. The number of piperidine rings is 1. The molecule has 3 aliphatic rings. The number of hydrogen-bond acceptors (Lipinski definition) is 3. The summed E-state index contributed by atoms with van der Waals surface area (Å²) in [5.74, 6) is 1.28. The van der Waals surface area contributed by atoms with E-state index in [-0.39, 0.29) is 0 Å². The van der Waals surface area contributed by atoms with Gasteiger partial charge in [0.1, 0.15) is 0 Å². The van der Waals surface area contributed by atoms with Crippen LogP contribution in [0.1, 0.15) is 43.8 Å². The minimum Gasteiger partial charge on any atom is -0.370 e. The summed E-state index contributed by atoms with van der Waals surface area (Å²) in [7, 11) is 2.06. The summed E-state index contributed by atoms with van der Waals surface area (Å²) in [6.45, 7) is 4.18. The van der Waals surface area contributed by atoms with Crippen molar-refractivity contribution in [3.05, 3.63) is 18.0 Å². The lowest BCUT2D eigenvalue weighted by Crippen LogP contribution is -2.47. The Balaban J connectivity index is 1.54. The third-order valence-electron chi connectivity index (χ3n) is 5.64. The van der Waals surface area contributed by atoms with E-state index in [1.54, 1.807) is 0 Å². The van der Waals surface area contributed by atoms with Crippen molar-refractivity contribution in [3.63, 3.8) is 0 Å². The average Bonchev–Trinajstić information content (AvgIpc) is 3.25. The molecule has 6 heteroatoms. The Morgan fingerprint density at radius 2 is 2.09 bits per heavy atom. The number of guanidine groups is 1. The Morgan fingerprint density at radius 1 is 1.26 bits per heavy atom. The molecule has 1 aromatic rings. The van der Waals surface area contributed by atoms with Gasteiger partial charge in [0, 0.05) is 38.9 Å². The molecule has 0 aromatic carbocycles. The number of nitrogens with two attached hydrogens (primary N) is 1. The SMILES string of the molecule is Cn1nccc1[C@H]1[C@H](CN=C(N)N2CCC2)CCCN1C1CC1. The third-order valence-corrected chi connectivity index (χ3v) is 5.64. The van der Waals surface area contributed by atoms with Crippen LogP contribution < -0.4 is 5.73 Å². The predicted molar refractivity (Wildman–Crippen MR) is 91.1 cm³/mol. The van der Waals surface area contributed by atoms with Gasteiger partial charge in [-0.3, -0.25) is 14.6 Å². The van der Waals surface area contributed by atoms with Crippen molar-refractivity contribution in [2.45, 2.75) is 44.2 Å². The van der Waals surface area contributed by atoms with E-state index in [0.29, 0.717) is 12.0 Å². The molecular formula is C17H28N6. The van der Waals surface area contributed by atoms with Crippen molar-refractivity contribution in [2.24, 2.45) is 23.7 Å². The van der Waals surface area contributed by atoms with E-state index in [0.717, 1.165) is 31.6 Å². The third kappa shape index (κ3) is 2.96. The lowest BCUT2D eigenvalue weighted by atomic mass is 9.86. The van der Waals surface area contributed by atoms with Crippen molar-refractivity contribution in [1.82, 2.24) is 19.6 Å². The fourth-order valence-corrected chi connectivity index (χ4v) is 4.05. The van der Waals surface area contributed by atoms with Gasteiger partial charge in [-0.05, 0) is 50.6 Å². The molecular weight excluding hydrogens is 288 g/mol. The number of aryl methyl sites for hydroxylation is 1. The Hall–Kier alpha value is -1.56. The summed E-state index contributed by atoms with van der Waals surface area (Å²) >= 11 is 0. The second-order valence-electron chi connectivity index (χ2n) is 7.24. The molecule has 2 aliphatic heterocycles. The van der Waals surface area contributed by atoms with E-state index < -0.39 is 0 Å². The number of aliphatic imine (C=N–C) groups is 1. The van der Waals surface area contributed by atoms with E-state index in [1.165, 1.54) is 44.3 Å². The standard InChI is InChI=1S/C17H28N6/c1-21-15(7-8-20-21)16-13(4-2-11-23(16)14-5-6-14)12-19-17(18)22-9-3-10-22/h7-8,13-14,16H,2-6,9-12H2,1H3,(H2,18,19)/t13-,16+/m0/s1. The highest BCUT2D eigenvalue weighted by Crippen LogP contribution is 2.42. The minimum absolute atomic E-state index is 0.441. The molecule has 0 amide bonds. The fourth-order valence-electron chi connectivity index (χ4n) is 4.05. The molecule has 4 rings (SSSR count). The molecule has 1 saturated carbocycles. The maximum Gasteiger partial charge on any atom is 0.191 e. The first-order valence-electron chi connectivity index (χ1n) is 9.02. The molecule has 0 unspecified atom stereocenters. The van der Waals surface area contributed by atoms with Crippen LogP contribution in [0.2, 0.25) is 0 Å². The van der Waals surface area contributed by atoms with Crippen LogP contribution in [0.25, 0.3) is 0 Å². The summed E-state index contributed by atoms with van der Waals surface area (Å²) in [5, 5.41) is 4.41. The van der Waals surface area contributed by atoms with Crippen LogP contribution in [-0.4, -0.2) is 57.8 Å². The topological polar surface area (TPSA) is 62.7 Å². The summed E-state index contributed by atoms with van der Waals surface area (Å²) in [6.07, 6.45) is 8.36. The molecule has 3 heterocycles. The molecule has 0 radical (unpaired) electrons. The summed E-state index contributed by atoms with van der Waals surface area (Å²) in [4.78, 5) is 9.63. The van der Waals surface area contributed by atoms with E-state index in [9.17, 15) is 0 Å². The fraction of sp³-hybridized carbons (Fsp3) is 0.765. The number of likely N-dealkylation sites (tertiary alicyclic amines) is 2. The van der Waals surface area contributed by atoms with E-state index in [2.05, 4.69) is 28.0 Å². The van der Waals surface area contributed by atoms with Crippen molar-refractivity contribution in [3.8, 4) is 0 Å². The van der Waals surface area contributed by atoms with Crippen molar-refractivity contribution in [1.29, 1.82) is 0 Å². The van der Waals surface area contributed by atoms with Crippen LogP contribution in [0.4, 0.5) is 0 Å². The Morgan fingerprint density at radius 3 is 2.70 bits per heavy atom. The lowest BCUT2D eigenvalue weighted by Gasteiger charge is -2.41. The van der Waals surface area contributed by atoms with Crippen molar-refractivity contribution < 1.29 is 0 Å². The van der Waals surface area contributed by atoms with Crippen LogP contribution in [0.5, 0.6) is 0 Å². The molecule has 3 fully saturated rings. The monoisotopic (exact) mass is 316 g/mol. The van der Waals surface area contributed by atoms with Crippen LogP contribution in [0.3, 0.4) is 0 Å². The van der Waals surface area contributed by atoms with Crippen LogP contribution in [0, 0.1) is 5.92 Å². The molecule has 2 atom stereocenters. The average molecular weight is 316 g/mol. The first kappa shape index (κ1) is 15.0. The lowest BCUT2D eigenvalue weighted by molar-refractivity contribution is 0.0822. The van der Waals surface area contributed by atoms with Crippen molar-refractivity contribution >= 4 is 5.96 Å². The Labute approximate surface area is 138 Å². The van der Waals surface area contributed by atoms with Crippen LogP contribution >= 0.6 is 0 Å². The maximum absolute atomic E-state index is 6.14. The van der Waals surface area contributed by atoms with Crippen LogP contribution in [-0.2, 0) is 7.05 Å². The zero-order valence-corrected chi connectivity index (χ0v) is 14.1. The normalized spacial score (nSPS) is 29.6. The second kappa shape index (κ2) is 6.15. The van der Waals surface area contributed by atoms with Gasteiger partial charge in [0.2, 0.25) is 0 Å². The van der Waals surface area contributed by atoms with E-state index in [4.69, 9.17) is 10.7 Å². The van der Waals surface area contributed by atoms with Crippen LogP contribution in [0.15, 0.2) is 17.3 Å². The molecule has 1 aliphatic carbocycles. The van der Waals surface area contributed by atoms with E-state index in [1.807, 2.05) is 10.9 Å². The first-order chi connectivity index (χ1) is 11.2. The summed E-state index contributed by atoms with van der Waals surface area (Å²) in [6, 6.07) is 3.40. The second-order valence-corrected chi connectivity index (χ2v) is 7.24. The maximum atomic E-state index is 6.14. The smallest absolute Gasteiger partial charge is 0.191 e. The van der Waals surface area contributed by atoms with Gasteiger partial charge in [-0.25, -0.2) is 0 Å². The van der Waals surface area contributed by atoms with E-state index >= 15 is 0 Å². The van der Waals surface area contributed by atoms with Crippen molar-refractivity contribution in [2.75, 3.05) is 26.2 Å². The van der Waals surface area contributed by atoms with Gasteiger partial charge in [0.15, 0.2) is 5.96 Å². The highest BCUT2D eigenvalue weighted by atomic mass is 15.3. The van der Waals surface area contributed by atoms with Gasteiger partial charge in [0.05, 0.1) is 11.7 Å². The number of rotatable bonds is 4. The zero-order chi connectivity index (χ0) is 15.8. The van der Waals surface area contributed by atoms with Gasteiger partial charge in [-0.2, -0.15) is 5.10 Å². The highest BCUT2D eigenvalue weighted by Gasteiger charge is 2.41. The molecule has 0 spiro atoms. The number of aromatic nitrogens is 2. The Bertz CT molecular complexity index is 571. The highest BCUT2D eigenvalue weighted by molar-refractivity contribution is 5.78. The Kier molecular flexibility index (Phi) is 4.01. The minimum atomic E-state index is 0.441. The molecule has 6 nitrogen and oxygen atoms in total. The summed E-state index contributed by atoms with van der Waals surface area (Å²) in [5.41, 5.74) is 7.47. The number of nitrogens with zero attached hydrogens (tertiary/aromatic N) is 5. The van der Waals surface area contributed by atoms with Gasteiger partial charge in [0.25, 0.3) is 0 Å². The molecule has 126 valence electrons. The molecule has 1 aromatic heterocycles. The van der Waals surface area contributed by atoms with Gasteiger partial charge in [-0.1, -0.05) is 0 Å². The molecule has 0 bridgehead atoms. The van der Waals surface area contributed by atoms with Gasteiger partial charge >= 0.3 is 0 Å². The van der Waals surface area contributed by atoms with Gasteiger partial charge < -0.3 is 10.6 Å². The van der Waals surface area contributed by atoms with Gasteiger partial charge in [-0.15, -0.1) is 0 Å². The quantitative estimate of drug-likeness (QED) is 0.673. The number of hydrogen-bond donors (Lipinski definition) is 1.